The highest BCUT2D eigenvalue weighted by Crippen LogP contribution is 2.40. The molecule has 3 saturated heterocycles. The largest absolute Gasteiger partial charge is 0.381 e. The van der Waals surface area contributed by atoms with Gasteiger partial charge < -0.3 is 15.5 Å². The molecule has 0 radical (unpaired) electrons. The van der Waals surface area contributed by atoms with Crippen LogP contribution in [0, 0.1) is 19.7 Å². The molecule has 220 valence electrons. The Bertz CT molecular complexity index is 1640. The van der Waals surface area contributed by atoms with E-state index in [1.54, 1.807) is 12.4 Å². The summed E-state index contributed by atoms with van der Waals surface area (Å²) in [5.74, 6) is 1.11. The van der Waals surface area contributed by atoms with Gasteiger partial charge in [0.2, 0.25) is 0 Å². The number of benzene rings is 1. The van der Waals surface area contributed by atoms with E-state index in [1.165, 1.54) is 32.1 Å². The summed E-state index contributed by atoms with van der Waals surface area (Å²) < 4.78 is 16.8. The van der Waals surface area contributed by atoms with Crippen molar-refractivity contribution >= 4 is 27.6 Å². The highest BCUT2D eigenvalue weighted by Gasteiger charge is 2.43. The number of nitrogens with zero attached hydrogens (tertiary/aromatic N) is 5. The summed E-state index contributed by atoms with van der Waals surface area (Å²) in [6, 6.07) is 2.50. The summed E-state index contributed by atoms with van der Waals surface area (Å²) in [6.45, 7) is 10.9. The summed E-state index contributed by atoms with van der Waals surface area (Å²) in [5.41, 5.74) is 5.49. The Morgan fingerprint density at radius 1 is 1.10 bits per heavy atom. The second-order valence-electron chi connectivity index (χ2n) is 12.8. The van der Waals surface area contributed by atoms with Crippen LogP contribution >= 0.6 is 0 Å². The molecule has 0 saturated carbocycles. The first kappa shape index (κ1) is 27.3. The first-order valence-electron chi connectivity index (χ1n) is 15.6. The Hall–Kier alpha value is -3.59. The molecule has 8 nitrogen and oxygen atoms in total. The number of pyridine rings is 1. The number of fused-ring (bicyclic) bond motifs is 2. The highest BCUT2D eigenvalue weighted by atomic mass is 19.1. The molecule has 7 rings (SSSR count). The summed E-state index contributed by atoms with van der Waals surface area (Å²) in [5, 5.41) is 16.1. The molecular weight excluding hydrogens is 527 g/mol. The van der Waals surface area contributed by atoms with Gasteiger partial charge in [0.1, 0.15) is 22.9 Å². The molecule has 3 aliphatic rings. The Morgan fingerprint density at radius 3 is 2.81 bits per heavy atom. The molecular formula is C33H41FN8. The molecule has 0 bridgehead atoms. The number of halogens is 1. The maximum atomic E-state index is 16.8. The first-order chi connectivity index (χ1) is 20.4. The maximum absolute atomic E-state index is 16.8. The molecule has 0 aliphatic carbocycles. The second-order valence-corrected chi connectivity index (χ2v) is 12.8. The zero-order chi connectivity index (χ0) is 28.8. The summed E-state index contributed by atoms with van der Waals surface area (Å²) >= 11 is 0. The van der Waals surface area contributed by atoms with Gasteiger partial charge in [0.15, 0.2) is 5.82 Å². The monoisotopic (exact) mass is 568 g/mol. The number of hydrogen-bond acceptors (Lipinski definition) is 7. The fraction of sp³-hybridized carbons (Fsp3) is 0.515. The van der Waals surface area contributed by atoms with Crippen LogP contribution in [-0.2, 0) is 6.42 Å². The lowest BCUT2D eigenvalue weighted by molar-refractivity contribution is 0.220. The lowest BCUT2D eigenvalue weighted by atomic mass is 9.78. The molecule has 3 N–H and O–H groups in total. The molecule has 3 fully saturated rings. The molecule has 3 aliphatic heterocycles. The van der Waals surface area contributed by atoms with Crippen molar-refractivity contribution in [2.75, 3.05) is 24.5 Å². The molecule has 42 heavy (non-hydrogen) atoms. The van der Waals surface area contributed by atoms with E-state index in [-0.39, 0.29) is 11.4 Å². The van der Waals surface area contributed by atoms with E-state index in [1.807, 2.05) is 13.8 Å². The molecule has 9 heteroatoms. The van der Waals surface area contributed by atoms with E-state index in [0.717, 1.165) is 84.4 Å². The van der Waals surface area contributed by atoms with Crippen LogP contribution in [0.1, 0.15) is 74.7 Å². The second kappa shape index (κ2) is 10.9. The molecule has 6 heterocycles. The molecule has 4 aromatic rings. The Balaban J connectivity index is 1.32. The molecule has 1 aromatic carbocycles. The van der Waals surface area contributed by atoms with Crippen LogP contribution in [0.5, 0.6) is 0 Å². The molecule has 2 atom stereocenters. The highest BCUT2D eigenvalue weighted by molar-refractivity contribution is 5.99. The van der Waals surface area contributed by atoms with Gasteiger partial charge in [-0.3, -0.25) is 10.1 Å². The smallest absolute Gasteiger partial charge is 0.175 e. The Morgan fingerprint density at radius 2 is 1.95 bits per heavy atom. The van der Waals surface area contributed by atoms with Crippen molar-refractivity contribution in [3.8, 4) is 11.3 Å². The van der Waals surface area contributed by atoms with E-state index in [9.17, 15) is 0 Å². The Kier molecular flexibility index (Phi) is 7.08. The van der Waals surface area contributed by atoms with Crippen molar-refractivity contribution in [1.82, 2.24) is 35.8 Å². The van der Waals surface area contributed by atoms with Gasteiger partial charge in [0.25, 0.3) is 0 Å². The predicted molar refractivity (Wildman–Crippen MR) is 166 cm³/mol. The van der Waals surface area contributed by atoms with Crippen LogP contribution in [0.2, 0.25) is 0 Å². The van der Waals surface area contributed by atoms with Gasteiger partial charge in [-0.1, -0.05) is 25.8 Å². The third kappa shape index (κ3) is 4.91. The number of anilines is 1. The van der Waals surface area contributed by atoms with Crippen molar-refractivity contribution < 1.29 is 4.39 Å². The standard InChI is InChI=1S/C33H41FN8/c1-20-15-26-24(18-37-41-26)28(22(20)3)31-29(34)30-25(17-36-31)32(42-14-8-12-33(19-42)16-21(2)40-33)39-27(38-30)11-10-23-9-6-4-5-7-13-35-23/h15,17-18,23,35,40H,2,4-14,16,19H2,1,3H3,(H,37,41). The third-order valence-electron chi connectivity index (χ3n) is 9.71. The number of rotatable bonds is 5. The van der Waals surface area contributed by atoms with Gasteiger partial charge in [0, 0.05) is 54.8 Å². The van der Waals surface area contributed by atoms with Gasteiger partial charge in [-0.2, -0.15) is 5.10 Å². The first-order valence-corrected chi connectivity index (χ1v) is 15.6. The lowest BCUT2D eigenvalue weighted by Gasteiger charge is -2.51. The van der Waals surface area contributed by atoms with E-state index < -0.39 is 0 Å². The molecule has 2 unspecified atom stereocenters. The average molecular weight is 569 g/mol. The number of piperidine rings is 1. The molecule has 0 amide bonds. The average Bonchev–Trinajstić information content (AvgIpc) is 3.41. The third-order valence-corrected chi connectivity index (χ3v) is 9.71. The van der Waals surface area contributed by atoms with Crippen LogP contribution in [-0.4, -0.2) is 56.4 Å². The summed E-state index contributed by atoms with van der Waals surface area (Å²) in [7, 11) is 0. The van der Waals surface area contributed by atoms with Gasteiger partial charge in [-0.05, 0) is 69.7 Å². The maximum Gasteiger partial charge on any atom is 0.175 e. The SMILES string of the molecule is C=C1CC2(CCCN(c3nc(CCC4CCCCCCN4)nc4c(F)c(-c5c(C)c(C)cc6[nH]ncc56)ncc34)C2)N1. The van der Waals surface area contributed by atoms with E-state index in [2.05, 4.69) is 38.4 Å². The normalized spacial score (nSPS) is 23.2. The van der Waals surface area contributed by atoms with Crippen LogP contribution in [0.4, 0.5) is 10.2 Å². The minimum absolute atomic E-state index is 0.0209. The van der Waals surface area contributed by atoms with Crippen LogP contribution < -0.4 is 15.5 Å². The lowest BCUT2D eigenvalue weighted by Crippen LogP contribution is -2.63. The molecule has 1 spiro atoms. The number of aromatic amines is 1. The number of H-pyrrole nitrogens is 1. The fourth-order valence-corrected chi connectivity index (χ4v) is 7.40. The van der Waals surface area contributed by atoms with E-state index >= 15 is 4.39 Å². The van der Waals surface area contributed by atoms with E-state index in [4.69, 9.17) is 15.0 Å². The zero-order valence-electron chi connectivity index (χ0n) is 24.8. The quantitative estimate of drug-likeness (QED) is 0.271. The number of aromatic nitrogens is 5. The number of nitrogens with one attached hydrogen (secondary N) is 3. The minimum atomic E-state index is -0.389. The zero-order valence-corrected chi connectivity index (χ0v) is 24.8. The van der Waals surface area contributed by atoms with Gasteiger partial charge in [-0.15, -0.1) is 0 Å². The van der Waals surface area contributed by atoms with Gasteiger partial charge in [0.05, 0.1) is 22.6 Å². The topological polar surface area (TPSA) is 94.7 Å². The van der Waals surface area contributed by atoms with Crippen molar-refractivity contribution in [2.45, 2.75) is 89.6 Å². The Labute approximate surface area is 246 Å². The van der Waals surface area contributed by atoms with Gasteiger partial charge in [-0.25, -0.2) is 14.4 Å². The van der Waals surface area contributed by atoms with Gasteiger partial charge >= 0.3 is 0 Å². The van der Waals surface area contributed by atoms with Crippen LogP contribution in [0.15, 0.2) is 30.7 Å². The van der Waals surface area contributed by atoms with Crippen molar-refractivity contribution in [1.29, 1.82) is 0 Å². The molecule has 3 aromatic heterocycles. The van der Waals surface area contributed by atoms with Crippen molar-refractivity contribution in [3.05, 3.63) is 53.5 Å². The number of hydrogen-bond donors (Lipinski definition) is 3. The predicted octanol–water partition coefficient (Wildman–Crippen LogP) is 6.02. The van der Waals surface area contributed by atoms with Crippen molar-refractivity contribution in [3.63, 3.8) is 0 Å². The number of aryl methyl sites for hydroxylation is 2. The summed E-state index contributed by atoms with van der Waals surface area (Å²) in [6.07, 6.45) is 14.6. The van der Waals surface area contributed by atoms with Crippen LogP contribution in [0.3, 0.4) is 0 Å². The fourth-order valence-electron chi connectivity index (χ4n) is 7.40. The van der Waals surface area contributed by atoms with Crippen molar-refractivity contribution in [2.24, 2.45) is 0 Å². The summed E-state index contributed by atoms with van der Waals surface area (Å²) in [4.78, 5) is 17.1. The van der Waals surface area contributed by atoms with E-state index in [0.29, 0.717) is 34.9 Å². The van der Waals surface area contributed by atoms with Crippen LogP contribution in [0.25, 0.3) is 33.1 Å². The minimum Gasteiger partial charge on any atom is -0.381 e.